The summed E-state index contributed by atoms with van der Waals surface area (Å²) >= 11 is 3.52. The van der Waals surface area contributed by atoms with Crippen LogP contribution in [0.5, 0.6) is 5.75 Å². The largest absolute Gasteiger partial charge is 0.493 e. The molecule has 1 aliphatic heterocycles. The SMILES string of the molecule is O=c1onc(C2CC2)n1Cc1cc(Br)cc2c1OCC2. The van der Waals surface area contributed by atoms with Gasteiger partial charge in [-0.05, 0) is 30.5 Å². The first kappa shape index (κ1) is 12.2. The second-order valence-corrected chi connectivity index (χ2v) is 6.23. The third kappa shape index (κ3) is 1.98. The Hall–Kier alpha value is -1.56. The smallest absolute Gasteiger partial charge is 0.441 e. The van der Waals surface area contributed by atoms with Gasteiger partial charge >= 0.3 is 5.76 Å². The number of benzene rings is 1. The lowest BCUT2D eigenvalue weighted by Crippen LogP contribution is -2.18. The predicted molar refractivity (Wildman–Crippen MR) is 75.2 cm³/mol. The summed E-state index contributed by atoms with van der Waals surface area (Å²) in [7, 11) is 0. The average Bonchev–Trinajstić information content (AvgIpc) is 3.04. The van der Waals surface area contributed by atoms with Gasteiger partial charge in [-0.2, -0.15) is 0 Å². The zero-order valence-electron chi connectivity index (χ0n) is 10.8. The summed E-state index contributed by atoms with van der Waals surface area (Å²) in [6, 6.07) is 4.07. The first-order valence-corrected chi connectivity index (χ1v) is 7.52. The lowest BCUT2D eigenvalue weighted by Gasteiger charge is -2.10. The van der Waals surface area contributed by atoms with E-state index in [0.717, 1.165) is 40.9 Å². The fourth-order valence-corrected chi connectivity index (χ4v) is 3.25. The fourth-order valence-electron chi connectivity index (χ4n) is 2.69. The molecule has 6 heteroatoms. The van der Waals surface area contributed by atoms with Crippen molar-refractivity contribution in [2.45, 2.75) is 31.7 Å². The molecule has 0 spiro atoms. The summed E-state index contributed by atoms with van der Waals surface area (Å²) in [5.74, 6) is 1.66. The van der Waals surface area contributed by atoms with Crippen LogP contribution in [-0.2, 0) is 13.0 Å². The van der Waals surface area contributed by atoms with Crippen molar-refractivity contribution in [3.8, 4) is 5.75 Å². The number of nitrogens with zero attached hydrogens (tertiary/aromatic N) is 2. The molecule has 0 amide bonds. The molecule has 2 heterocycles. The van der Waals surface area contributed by atoms with Crippen LogP contribution in [0.3, 0.4) is 0 Å². The van der Waals surface area contributed by atoms with Gasteiger partial charge in [0.15, 0.2) is 5.82 Å². The summed E-state index contributed by atoms with van der Waals surface area (Å²) in [6.07, 6.45) is 3.08. The Kier molecular flexibility index (Phi) is 2.73. The number of aromatic nitrogens is 2. The molecule has 1 saturated carbocycles. The molecule has 104 valence electrons. The van der Waals surface area contributed by atoms with E-state index in [4.69, 9.17) is 9.26 Å². The maximum absolute atomic E-state index is 11.8. The minimum Gasteiger partial charge on any atom is -0.493 e. The third-order valence-electron chi connectivity index (χ3n) is 3.81. The van der Waals surface area contributed by atoms with Crippen molar-refractivity contribution in [2.75, 3.05) is 6.61 Å². The van der Waals surface area contributed by atoms with Crippen LogP contribution in [0.4, 0.5) is 0 Å². The monoisotopic (exact) mass is 336 g/mol. The Balaban J connectivity index is 1.77. The highest BCUT2D eigenvalue weighted by Gasteiger charge is 2.31. The van der Waals surface area contributed by atoms with Crippen molar-refractivity contribution in [3.63, 3.8) is 0 Å². The van der Waals surface area contributed by atoms with Crippen LogP contribution in [-0.4, -0.2) is 16.3 Å². The van der Waals surface area contributed by atoms with Crippen molar-refractivity contribution in [1.29, 1.82) is 0 Å². The maximum atomic E-state index is 11.8. The minimum absolute atomic E-state index is 0.377. The molecular formula is C14H13BrN2O3. The summed E-state index contributed by atoms with van der Waals surface area (Å²) in [6.45, 7) is 1.16. The first-order chi connectivity index (χ1) is 9.72. The summed E-state index contributed by atoms with van der Waals surface area (Å²) < 4.78 is 13.2. The Morgan fingerprint density at radius 3 is 3.05 bits per heavy atom. The van der Waals surface area contributed by atoms with Gasteiger partial charge in [0.25, 0.3) is 0 Å². The van der Waals surface area contributed by atoms with E-state index in [1.165, 1.54) is 5.56 Å². The molecule has 0 unspecified atom stereocenters. The van der Waals surface area contributed by atoms with Crippen LogP contribution in [0, 0.1) is 0 Å². The first-order valence-electron chi connectivity index (χ1n) is 6.73. The van der Waals surface area contributed by atoms with Crippen LogP contribution >= 0.6 is 15.9 Å². The number of hydrogen-bond acceptors (Lipinski definition) is 4. The van der Waals surface area contributed by atoms with Crippen LogP contribution in [0.15, 0.2) is 25.9 Å². The molecule has 0 atom stereocenters. The normalized spacial score (nSPS) is 17.1. The number of halogens is 1. The molecule has 20 heavy (non-hydrogen) atoms. The molecule has 0 bridgehead atoms. The molecule has 2 aromatic rings. The van der Waals surface area contributed by atoms with Crippen molar-refractivity contribution in [1.82, 2.24) is 9.72 Å². The van der Waals surface area contributed by atoms with Crippen LogP contribution in [0.2, 0.25) is 0 Å². The molecule has 1 fully saturated rings. The molecule has 2 aliphatic rings. The fraction of sp³-hybridized carbons (Fsp3) is 0.429. The Morgan fingerprint density at radius 1 is 1.40 bits per heavy atom. The zero-order chi connectivity index (χ0) is 13.7. The van der Waals surface area contributed by atoms with E-state index < -0.39 is 5.76 Å². The van der Waals surface area contributed by atoms with Gasteiger partial charge in [-0.1, -0.05) is 21.1 Å². The molecule has 0 radical (unpaired) electrons. The molecule has 1 aliphatic carbocycles. The molecule has 0 saturated heterocycles. The van der Waals surface area contributed by atoms with Crippen LogP contribution in [0.1, 0.15) is 35.7 Å². The minimum atomic E-state index is -0.390. The highest BCUT2D eigenvalue weighted by molar-refractivity contribution is 9.10. The van der Waals surface area contributed by atoms with Gasteiger partial charge < -0.3 is 4.74 Å². The van der Waals surface area contributed by atoms with E-state index in [1.807, 2.05) is 6.07 Å². The second-order valence-electron chi connectivity index (χ2n) is 5.32. The summed E-state index contributed by atoms with van der Waals surface area (Å²) in [5, 5.41) is 3.91. The Morgan fingerprint density at radius 2 is 2.25 bits per heavy atom. The highest BCUT2D eigenvalue weighted by Crippen LogP contribution is 2.39. The third-order valence-corrected chi connectivity index (χ3v) is 4.27. The Labute approximate surface area is 123 Å². The molecule has 1 aromatic carbocycles. The predicted octanol–water partition coefficient (Wildman–Crippen LogP) is 2.46. The van der Waals surface area contributed by atoms with Gasteiger partial charge in [0.1, 0.15) is 5.75 Å². The van der Waals surface area contributed by atoms with E-state index in [-0.39, 0.29) is 0 Å². The van der Waals surface area contributed by atoms with Gasteiger partial charge in [-0.15, -0.1) is 0 Å². The van der Waals surface area contributed by atoms with Crippen LogP contribution in [0.25, 0.3) is 0 Å². The van der Waals surface area contributed by atoms with E-state index in [1.54, 1.807) is 4.57 Å². The van der Waals surface area contributed by atoms with Crippen molar-refractivity contribution < 1.29 is 9.26 Å². The van der Waals surface area contributed by atoms with E-state index in [9.17, 15) is 4.79 Å². The highest BCUT2D eigenvalue weighted by atomic mass is 79.9. The van der Waals surface area contributed by atoms with Gasteiger partial charge in [-0.3, -0.25) is 9.09 Å². The van der Waals surface area contributed by atoms with Gasteiger partial charge in [-0.25, -0.2) is 4.79 Å². The van der Waals surface area contributed by atoms with Crippen molar-refractivity contribution >= 4 is 15.9 Å². The molecule has 1 aromatic heterocycles. The molecule has 5 nitrogen and oxygen atoms in total. The van der Waals surface area contributed by atoms with E-state index in [0.29, 0.717) is 19.1 Å². The second kappa shape index (κ2) is 4.48. The standard InChI is InChI=1S/C14H13BrN2O3/c15-11-5-9-3-4-19-12(9)10(6-11)7-17-13(8-1-2-8)16-20-14(17)18/h5-6,8H,1-4,7H2. The van der Waals surface area contributed by atoms with Gasteiger partial charge in [0.05, 0.1) is 13.2 Å². The Bertz CT molecular complexity index is 731. The number of fused-ring (bicyclic) bond motifs is 1. The maximum Gasteiger partial charge on any atom is 0.441 e. The van der Waals surface area contributed by atoms with E-state index >= 15 is 0 Å². The number of hydrogen-bond donors (Lipinski definition) is 0. The molecular weight excluding hydrogens is 324 g/mol. The quantitative estimate of drug-likeness (QED) is 0.863. The average molecular weight is 337 g/mol. The van der Waals surface area contributed by atoms with E-state index in [2.05, 4.69) is 27.2 Å². The summed E-state index contributed by atoms with van der Waals surface area (Å²) in [5.41, 5.74) is 2.19. The molecule has 4 rings (SSSR count). The lowest BCUT2D eigenvalue weighted by molar-refractivity contribution is 0.351. The molecule has 0 N–H and O–H groups in total. The van der Waals surface area contributed by atoms with Crippen molar-refractivity contribution in [2.24, 2.45) is 0 Å². The zero-order valence-corrected chi connectivity index (χ0v) is 12.4. The summed E-state index contributed by atoms with van der Waals surface area (Å²) in [4.78, 5) is 11.8. The van der Waals surface area contributed by atoms with Crippen molar-refractivity contribution in [3.05, 3.63) is 44.1 Å². The number of ether oxygens (including phenoxy) is 1. The van der Waals surface area contributed by atoms with Gasteiger partial charge in [0.2, 0.25) is 0 Å². The lowest BCUT2D eigenvalue weighted by atomic mass is 10.1. The van der Waals surface area contributed by atoms with Gasteiger partial charge in [0, 0.05) is 22.4 Å². The number of rotatable bonds is 3. The van der Waals surface area contributed by atoms with Crippen LogP contribution < -0.4 is 10.5 Å². The topological polar surface area (TPSA) is 57.3 Å².